The highest BCUT2D eigenvalue weighted by molar-refractivity contribution is 5.94. The Kier molecular flexibility index (Phi) is 7.29. The molecule has 0 bridgehead atoms. The van der Waals surface area contributed by atoms with Crippen molar-refractivity contribution < 1.29 is 18.9 Å². The highest BCUT2D eigenvalue weighted by Crippen LogP contribution is 2.30. The van der Waals surface area contributed by atoms with Crippen molar-refractivity contribution in [3.63, 3.8) is 0 Å². The minimum Gasteiger partial charge on any atom is -0.436 e. The van der Waals surface area contributed by atoms with E-state index < -0.39 is 11.0 Å². The largest absolute Gasteiger partial charge is 0.436 e. The number of amides is 2. The third kappa shape index (κ3) is 5.78. The molecule has 2 amide bonds. The van der Waals surface area contributed by atoms with Crippen molar-refractivity contribution in [2.24, 2.45) is 7.05 Å². The number of nitro groups is 1. The number of rotatable bonds is 7. The first-order chi connectivity index (χ1) is 20.7. The van der Waals surface area contributed by atoms with E-state index in [9.17, 15) is 19.7 Å². The number of carbonyl (C=O) groups is 2. The highest BCUT2D eigenvalue weighted by Gasteiger charge is 2.32. The standard InChI is InChI=1S/C28H26N10O5/c1-17(39)30-20-5-8-24-22(16-20)31-27(43-24)19-9-10-29-23(15-19)28(40)37-13-11-36(12-14-37)25(26-32-34-35(2)33-26)18-3-6-21(7-4-18)38(41)42/h3-10,15-16,25H,11-14H2,1-2H3,(H,30,39). The first kappa shape index (κ1) is 27.6. The molecule has 1 aliphatic heterocycles. The average Bonchev–Trinajstić information content (AvgIpc) is 3.63. The third-order valence-corrected chi connectivity index (χ3v) is 7.09. The predicted molar refractivity (Wildman–Crippen MR) is 153 cm³/mol. The molecule has 0 aliphatic carbocycles. The predicted octanol–water partition coefficient (Wildman–Crippen LogP) is 2.83. The molecule has 1 N–H and O–H groups in total. The molecule has 15 nitrogen and oxygen atoms in total. The highest BCUT2D eigenvalue weighted by atomic mass is 16.6. The molecule has 0 spiro atoms. The molecular formula is C28H26N10O5. The maximum absolute atomic E-state index is 13.5. The lowest BCUT2D eigenvalue weighted by Crippen LogP contribution is -2.50. The number of nitro benzene ring substituents is 1. The van der Waals surface area contributed by atoms with Gasteiger partial charge in [0.25, 0.3) is 11.6 Å². The molecule has 6 rings (SSSR count). The van der Waals surface area contributed by atoms with Gasteiger partial charge in [-0.3, -0.25) is 29.6 Å². The minimum atomic E-state index is -0.443. The number of pyridine rings is 1. The lowest BCUT2D eigenvalue weighted by atomic mass is 10.0. The monoisotopic (exact) mass is 582 g/mol. The molecule has 1 fully saturated rings. The van der Waals surface area contributed by atoms with Crippen molar-refractivity contribution in [3.8, 4) is 11.5 Å². The van der Waals surface area contributed by atoms with E-state index in [2.05, 4.69) is 35.6 Å². The molecule has 1 saturated heterocycles. The van der Waals surface area contributed by atoms with Crippen molar-refractivity contribution in [2.75, 3.05) is 31.5 Å². The molecular weight excluding hydrogens is 556 g/mol. The van der Waals surface area contributed by atoms with Crippen LogP contribution in [0.5, 0.6) is 0 Å². The van der Waals surface area contributed by atoms with E-state index in [0.29, 0.717) is 60.2 Å². The summed E-state index contributed by atoms with van der Waals surface area (Å²) in [4.78, 5) is 49.6. The summed E-state index contributed by atoms with van der Waals surface area (Å²) in [7, 11) is 1.67. The summed E-state index contributed by atoms with van der Waals surface area (Å²) >= 11 is 0. The molecule has 1 aliphatic rings. The summed E-state index contributed by atoms with van der Waals surface area (Å²) in [6.45, 7) is 3.28. The van der Waals surface area contributed by atoms with Gasteiger partial charge in [-0.1, -0.05) is 12.1 Å². The van der Waals surface area contributed by atoms with E-state index >= 15 is 0 Å². The Morgan fingerprint density at radius 3 is 2.49 bits per heavy atom. The molecule has 218 valence electrons. The van der Waals surface area contributed by atoms with Crippen LogP contribution < -0.4 is 5.32 Å². The Balaban J connectivity index is 1.18. The van der Waals surface area contributed by atoms with Crippen LogP contribution >= 0.6 is 0 Å². The number of oxazole rings is 1. The van der Waals surface area contributed by atoms with Crippen LogP contribution in [-0.4, -0.2) is 82.9 Å². The fraction of sp³-hybridized carbons (Fsp3) is 0.250. The molecule has 1 atom stereocenters. The van der Waals surface area contributed by atoms with E-state index in [1.54, 1.807) is 60.6 Å². The molecule has 0 radical (unpaired) electrons. The summed E-state index contributed by atoms with van der Waals surface area (Å²) in [5.74, 6) is 0.384. The molecule has 2 aromatic carbocycles. The van der Waals surface area contributed by atoms with Crippen molar-refractivity contribution >= 4 is 34.3 Å². The fourth-order valence-corrected chi connectivity index (χ4v) is 5.07. The molecule has 3 aromatic heterocycles. The van der Waals surface area contributed by atoms with Gasteiger partial charge < -0.3 is 14.6 Å². The number of aryl methyl sites for hydroxylation is 1. The van der Waals surface area contributed by atoms with Crippen molar-refractivity contribution in [2.45, 2.75) is 13.0 Å². The SMILES string of the molecule is CC(=O)Nc1ccc2oc(-c3ccnc(C(=O)N4CCN(C(c5ccc([N+](=O)[O-])cc5)c5nnn(C)n5)CC4)c3)nc2c1. The second kappa shape index (κ2) is 11.4. The number of piperazine rings is 1. The zero-order chi connectivity index (χ0) is 30.1. The number of nitrogens with zero attached hydrogens (tertiary/aromatic N) is 9. The van der Waals surface area contributed by atoms with Crippen molar-refractivity contribution in [1.82, 2.24) is 40.0 Å². The second-order valence-corrected chi connectivity index (χ2v) is 10.0. The van der Waals surface area contributed by atoms with Crippen LogP contribution in [0.25, 0.3) is 22.6 Å². The number of hydrogen-bond acceptors (Lipinski definition) is 11. The quantitative estimate of drug-likeness (QED) is 0.220. The van der Waals surface area contributed by atoms with E-state index in [4.69, 9.17) is 4.42 Å². The van der Waals surface area contributed by atoms with Crippen LogP contribution in [0.1, 0.15) is 34.8 Å². The summed E-state index contributed by atoms with van der Waals surface area (Å²) in [6, 6.07) is 14.4. The van der Waals surface area contributed by atoms with E-state index in [1.807, 2.05) is 0 Å². The van der Waals surface area contributed by atoms with Crippen molar-refractivity contribution in [3.05, 3.63) is 88.0 Å². The summed E-state index contributed by atoms with van der Waals surface area (Å²) in [5.41, 5.74) is 3.36. The van der Waals surface area contributed by atoms with Gasteiger partial charge in [-0.25, -0.2) is 4.98 Å². The van der Waals surface area contributed by atoms with Gasteiger partial charge in [0.05, 0.1) is 18.0 Å². The van der Waals surface area contributed by atoms with E-state index in [-0.39, 0.29) is 23.2 Å². The van der Waals surface area contributed by atoms with Gasteiger partial charge in [-0.05, 0) is 41.1 Å². The number of tetrazole rings is 1. The lowest BCUT2D eigenvalue weighted by molar-refractivity contribution is -0.384. The van der Waals surface area contributed by atoms with Gasteiger partial charge in [0.15, 0.2) is 11.4 Å². The molecule has 0 saturated carbocycles. The van der Waals surface area contributed by atoms with Gasteiger partial charge >= 0.3 is 0 Å². The Bertz CT molecular complexity index is 1830. The number of fused-ring (bicyclic) bond motifs is 1. The van der Waals surface area contributed by atoms with Crippen molar-refractivity contribution in [1.29, 1.82) is 0 Å². The Morgan fingerprint density at radius 2 is 1.81 bits per heavy atom. The van der Waals surface area contributed by atoms with Gasteiger partial charge in [-0.2, -0.15) is 4.80 Å². The van der Waals surface area contributed by atoms with Crippen LogP contribution in [0, 0.1) is 10.1 Å². The normalized spacial score (nSPS) is 14.5. The number of non-ortho nitro benzene ring substituents is 1. The number of nitrogens with one attached hydrogen (secondary N) is 1. The number of hydrogen-bond donors (Lipinski definition) is 1. The average molecular weight is 583 g/mol. The third-order valence-electron chi connectivity index (χ3n) is 7.09. The van der Waals surface area contributed by atoms with E-state index in [1.165, 1.54) is 23.9 Å². The maximum atomic E-state index is 13.5. The smallest absolute Gasteiger partial charge is 0.272 e. The second-order valence-electron chi connectivity index (χ2n) is 10.0. The lowest BCUT2D eigenvalue weighted by Gasteiger charge is -2.38. The Morgan fingerprint density at radius 1 is 1.05 bits per heavy atom. The molecule has 4 heterocycles. The zero-order valence-electron chi connectivity index (χ0n) is 23.2. The molecule has 15 heteroatoms. The summed E-state index contributed by atoms with van der Waals surface area (Å²) in [5, 5.41) is 26.4. The first-order valence-electron chi connectivity index (χ1n) is 13.4. The van der Waals surface area contributed by atoms with Crippen LogP contribution in [0.15, 0.2) is 65.2 Å². The minimum absolute atomic E-state index is 0.00709. The first-order valence-corrected chi connectivity index (χ1v) is 13.4. The fourth-order valence-electron chi connectivity index (χ4n) is 5.07. The van der Waals surface area contributed by atoms with Crippen LogP contribution in [-0.2, 0) is 11.8 Å². The number of benzene rings is 2. The zero-order valence-corrected chi connectivity index (χ0v) is 23.2. The molecule has 5 aromatic rings. The van der Waals surface area contributed by atoms with Crippen LogP contribution in [0.4, 0.5) is 11.4 Å². The Hall–Kier alpha value is -5.57. The van der Waals surface area contributed by atoms with Crippen LogP contribution in [0.2, 0.25) is 0 Å². The molecule has 43 heavy (non-hydrogen) atoms. The van der Waals surface area contributed by atoms with E-state index in [0.717, 1.165) is 5.56 Å². The van der Waals surface area contributed by atoms with Gasteiger partial charge in [0, 0.05) is 62.7 Å². The number of anilines is 1. The van der Waals surface area contributed by atoms with Gasteiger partial charge in [0.1, 0.15) is 11.2 Å². The topological polar surface area (TPSA) is 178 Å². The number of carbonyl (C=O) groups excluding carboxylic acids is 2. The van der Waals surface area contributed by atoms with Gasteiger partial charge in [-0.15, -0.1) is 10.2 Å². The maximum Gasteiger partial charge on any atom is 0.272 e. The van der Waals surface area contributed by atoms with Gasteiger partial charge in [0.2, 0.25) is 11.8 Å². The summed E-state index contributed by atoms with van der Waals surface area (Å²) < 4.78 is 5.90. The summed E-state index contributed by atoms with van der Waals surface area (Å²) in [6.07, 6.45) is 1.54. The Labute approximate surface area is 244 Å². The van der Waals surface area contributed by atoms with Crippen LogP contribution in [0.3, 0.4) is 0 Å². The molecule has 1 unspecified atom stereocenters. The number of aromatic nitrogens is 6.